The molecule has 0 bridgehead atoms. The number of nitrogens with one attached hydrogen (secondary N) is 1. The van der Waals surface area contributed by atoms with Crippen molar-refractivity contribution in [3.05, 3.63) is 65.5 Å². The monoisotopic (exact) mass is 322 g/mol. The van der Waals surface area contributed by atoms with E-state index in [1.54, 1.807) is 18.2 Å². The van der Waals surface area contributed by atoms with Crippen LogP contribution in [0.25, 0.3) is 0 Å². The number of hydrogen-bond acceptors (Lipinski definition) is 2. The van der Waals surface area contributed by atoms with Gasteiger partial charge in [0.05, 0.1) is 18.8 Å². The minimum atomic E-state index is -0.444. The Kier molecular flexibility index (Phi) is 4.93. The van der Waals surface area contributed by atoms with Gasteiger partial charge in [0.1, 0.15) is 5.82 Å². The van der Waals surface area contributed by atoms with Crippen molar-refractivity contribution in [2.75, 3.05) is 18.4 Å². The molecule has 3 nitrogen and oxygen atoms in total. The molecule has 1 atom stereocenters. The third-order valence-corrected chi connectivity index (χ3v) is 4.33. The zero-order valence-electron chi connectivity index (χ0n) is 13.3. The Labute approximate surface area is 141 Å². The molecule has 1 aliphatic carbocycles. The molecule has 0 fully saturated rings. The van der Waals surface area contributed by atoms with Gasteiger partial charge in [-0.15, -0.1) is 6.42 Å². The average molecular weight is 322 g/mol. The van der Waals surface area contributed by atoms with Gasteiger partial charge in [-0.1, -0.05) is 42.3 Å². The van der Waals surface area contributed by atoms with Crippen LogP contribution in [0.2, 0.25) is 0 Å². The first kappa shape index (κ1) is 16.2. The van der Waals surface area contributed by atoms with Crippen molar-refractivity contribution < 1.29 is 9.18 Å². The number of rotatable bonds is 5. The lowest BCUT2D eigenvalue weighted by atomic mass is 10.1. The molecule has 1 aliphatic rings. The number of hydrogen-bond donors (Lipinski definition) is 1. The third kappa shape index (κ3) is 3.47. The van der Waals surface area contributed by atoms with Gasteiger partial charge >= 0.3 is 0 Å². The lowest BCUT2D eigenvalue weighted by Crippen LogP contribution is -2.36. The van der Waals surface area contributed by atoms with Crippen molar-refractivity contribution >= 4 is 11.6 Å². The third-order valence-electron chi connectivity index (χ3n) is 4.33. The van der Waals surface area contributed by atoms with Crippen LogP contribution >= 0.6 is 0 Å². The highest BCUT2D eigenvalue weighted by Crippen LogP contribution is 2.35. The smallest absolute Gasteiger partial charge is 0.238 e. The van der Waals surface area contributed by atoms with Crippen molar-refractivity contribution in [3.63, 3.8) is 0 Å². The van der Waals surface area contributed by atoms with Crippen LogP contribution in [0.5, 0.6) is 0 Å². The topological polar surface area (TPSA) is 32.3 Å². The molecule has 0 spiro atoms. The Balaban J connectivity index is 1.72. The standard InChI is InChI=1S/C20H19FN2O/c1-2-13-23(19-12-11-15-7-3-4-8-16(15)19)14-20(24)22-18-10-6-5-9-17(18)21/h1,3-10,19H,11-14H2,(H,22,24). The molecule has 3 rings (SSSR count). The summed E-state index contributed by atoms with van der Waals surface area (Å²) in [7, 11) is 0. The second kappa shape index (κ2) is 7.29. The van der Waals surface area contributed by atoms with Crippen LogP contribution in [0.1, 0.15) is 23.6 Å². The maximum Gasteiger partial charge on any atom is 0.238 e. The first-order valence-corrected chi connectivity index (χ1v) is 7.98. The molecule has 0 radical (unpaired) electrons. The number of terminal acetylenes is 1. The minimum Gasteiger partial charge on any atom is -0.322 e. The summed E-state index contributed by atoms with van der Waals surface area (Å²) in [4.78, 5) is 14.3. The fraction of sp³-hybridized carbons (Fsp3) is 0.250. The number of benzene rings is 2. The summed E-state index contributed by atoms with van der Waals surface area (Å²) in [5, 5.41) is 2.62. The summed E-state index contributed by atoms with van der Waals surface area (Å²) in [5.74, 6) is 1.92. The lowest BCUT2D eigenvalue weighted by molar-refractivity contribution is -0.117. The van der Waals surface area contributed by atoms with Gasteiger partial charge in [0, 0.05) is 6.04 Å². The first-order valence-electron chi connectivity index (χ1n) is 7.98. The van der Waals surface area contributed by atoms with Crippen LogP contribution in [-0.2, 0) is 11.2 Å². The Morgan fingerprint density at radius 2 is 2.00 bits per heavy atom. The largest absolute Gasteiger partial charge is 0.322 e. The number of carbonyl (C=O) groups is 1. The molecule has 2 aromatic carbocycles. The van der Waals surface area contributed by atoms with Crippen molar-refractivity contribution in [2.24, 2.45) is 0 Å². The van der Waals surface area contributed by atoms with E-state index < -0.39 is 5.82 Å². The van der Waals surface area contributed by atoms with Gasteiger partial charge in [0.2, 0.25) is 5.91 Å². The molecule has 1 amide bonds. The summed E-state index contributed by atoms with van der Waals surface area (Å²) < 4.78 is 13.7. The van der Waals surface area contributed by atoms with Gasteiger partial charge in [-0.2, -0.15) is 0 Å². The number of fused-ring (bicyclic) bond motifs is 1. The van der Waals surface area contributed by atoms with E-state index in [-0.39, 0.29) is 24.2 Å². The highest BCUT2D eigenvalue weighted by atomic mass is 19.1. The summed E-state index contributed by atoms with van der Waals surface area (Å²) >= 11 is 0. The quantitative estimate of drug-likeness (QED) is 0.856. The van der Waals surface area contributed by atoms with E-state index in [4.69, 9.17) is 6.42 Å². The Morgan fingerprint density at radius 1 is 1.25 bits per heavy atom. The number of anilines is 1. The predicted octanol–water partition coefficient (Wildman–Crippen LogP) is 3.39. The molecule has 0 aliphatic heterocycles. The normalized spacial score (nSPS) is 15.8. The highest BCUT2D eigenvalue weighted by molar-refractivity contribution is 5.92. The fourth-order valence-corrected chi connectivity index (χ4v) is 3.24. The SMILES string of the molecule is C#CCN(CC(=O)Nc1ccccc1F)C1CCc2ccccc21. The lowest BCUT2D eigenvalue weighted by Gasteiger charge is -2.27. The predicted molar refractivity (Wildman–Crippen MR) is 92.9 cm³/mol. The first-order chi connectivity index (χ1) is 11.7. The molecule has 0 aromatic heterocycles. The van der Waals surface area contributed by atoms with E-state index >= 15 is 0 Å². The van der Waals surface area contributed by atoms with Gasteiger partial charge in [0.15, 0.2) is 0 Å². The molecule has 122 valence electrons. The van der Waals surface area contributed by atoms with Crippen molar-refractivity contribution in [3.8, 4) is 12.3 Å². The van der Waals surface area contributed by atoms with E-state index in [1.165, 1.54) is 17.2 Å². The zero-order valence-corrected chi connectivity index (χ0v) is 13.3. The molecular weight excluding hydrogens is 303 g/mol. The minimum absolute atomic E-state index is 0.128. The van der Waals surface area contributed by atoms with Crippen LogP contribution in [-0.4, -0.2) is 23.9 Å². The molecule has 0 saturated carbocycles. The molecule has 1 unspecified atom stereocenters. The molecule has 24 heavy (non-hydrogen) atoms. The van der Waals surface area contributed by atoms with Crippen LogP contribution in [0.4, 0.5) is 10.1 Å². The number of aryl methyl sites for hydroxylation is 1. The van der Waals surface area contributed by atoms with Gasteiger partial charge < -0.3 is 5.32 Å². The van der Waals surface area contributed by atoms with E-state index in [0.717, 1.165) is 12.8 Å². The van der Waals surface area contributed by atoms with E-state index in [1.807, 2.05) is 17.0 Å². The molecule has 0 heterocycles. The van der Waals surface area contributed by atoms with E-state index in [9.17, 15) is 9.18 Å². The van der Waals surface area contributed by atoms with Gasteiger partial charge in [0.25, 0.3) is 0 Å². The van der Waals surface area contributed by atoms with Crippen molar-refractivity contribution in [2.45, 2.75) is 18.9 Å². The number of para-hydroxylation sites is 1. The number of amides is 1. The Bertz CT molecular complexity index is 781. The number of halogens is 1. The second-order valence-corrected chi connectivity index (χ2v) is 5.89. The van der Waals surface area contributed by atoms with Gasteiger partial charge in [-0.05, 0) is 36.1 Å². The van der Waals surface area contributed by atoms with E-state index in [2.05, 4.69) is 23.4 Å². The number of carbonyl (C=O) groups excluding carboxylic acids is 1. The van der Waals surface area contributed by atoms with E-state index in [0.29, 0.717) is 6.54 Å². The Morgan fingerprint density at radius 3 is 2.79 bits per heavy atom. The zero-order chi connectivity index (χ0) is 16.9. The molecule has 4 heteroatoms. The summed E-state index contributed by atoms with van der Waals surface area (Å²) in [6.07, 6.45) is 7.41. The molecular formula is C20H19FN2O. The number of nitrogens with zero attached hydrogens (tertiary/aromatic N) is 1. The molecule has 1 N–H and O–H groups in total. The maximum absolute atomic E-state index is 13.7. The van der Waals surface area contributed by atoms with Crippen LogP contribution in [0, 0.1) is 18.2 Å². The highest BCUT2D eigenvalue weighted by Gasteiger charge is 2.28. The average Bonchev–Trinajstić information content (AvgIpc) is 3.00. The summed E-state index contributed by atoms with van der Waals surface area (Å²) in [6.45, 7) is 0.515. The van der Waals surface area contributed by atoms with Gasteiger partial charge in [-0.25, -0.2) is 4.39 Å². The fourth-order valence-electron chi connectivity index (χ4n) is 3.24. The summed E-state index contributed by atoms with van der Waals surface area (Å²) in [6, 6.07) is 14.5. The molecule has 2 aromatic rings. The van der Waals surface area contributed by atoms with Crippen LogP contribution in [0.3, 0.4) is 0 Å². The molecule has 0 saturated heterocycles. The Hall–Kier alpha value is -2.64. The van der Waals surface area contributed by atoms with Crippen LogP contribution in [0.15, 0.2) is 48.5 Å². The second-order valence-electron chi connectivity index (χ2n) is 5.89. The maximum atomic E-state index is 13.7. The summed E-state index contributed by atoms with van der Waals surface area (Å²) in [5.41, 5.74) is 2.72. The van der Waals surface area contributed by atoms with Crippen LogP contribution < -0.4 is 5.32 Å². The van der Waals surface area contributed by atoms with Gasteiger partial charge in [-0.3, -0.25) is 9.69 Å². The van der Waals surface area contributed by atoms with Crippen molar-refractivity contribution in [1.82, 2.24) is 4.90 Å². The van der Waals surface area contributed by atoms with Crippen molar-refractivity contribution in [1.29, 1.82) is 0 Å².